The summed E-state index contributed by atoms with van der Waals surface area (Å²) < 4.78 is 0. The standard InChI is InChI=1S/C22H30N4O2.HI/c1-3-23-22(25-13-12-20(27)18-9-5-4-6-10-18)26-15-14-24-21(28)19-11-7-8-17(2)16-19;/h4-11,16,20,27H,3,12-15H2,1-2H3,(H,24,28)(H2,23,25,26);1H. The van der Waals surface area contributed by atoms with E-state index in [1.54, 1.807) is 6.07 Å². The third-order valence-electron chi connectivity index (χ3n) is 4.18. The molecule has 0 saturated carbocycles. The number of nitrogens with one attached hydrogen (secondary N) is 3. The second-order valence-electron chi connectivity index (χ2n) is 6.53. The summed E-state index contributed by atoms with van der Waals surface area (Å²) in [5.41, 5.74) is 2.62. The first-order valence-corrected chi connectivity index (χ1v) is 9.70. The van der Waals surface area contributed by atoms with E-state index in [-0.39, 0.29) is 29.9 Å². The lowest BCUT2D eigenvalue weighted by molar-refractivity contribution is 0.0954. The van der Waals surface area contributed by atoms with Crippen LogP contribution in [-0.2, 0) is 0 Å². The van der Waals surface area contributed by atoms with Gasteiger partial charge >= 0.3 is 0 Å². The van der Waals surface area contributed by atoms with E-state index in [1.165, 1.54) is 0 Å². The molecule has 2 rings (SSSR count). The highest BCUT2D eigenvalue weighted by molar-refractivity contribution is 14.0. The van der Waals surface area contributed by atoms with Crippen molar-refractivity contribution in [2.45, 2.75) is 26.4 Å². The van der Waals surface area contributed by atoms with Crippen molar-refractivity contribution in [3.8, 4) is 0 Å². The lowest BCUT2D eigenvalue weighted by Crippen LogP contribution is -2.41. The molecule has 158 valence electrons. The van der Waals surface area contributed by atoms with Crippen molar-refractivity contribution in [2.24, 2.45) is 4.99 Å². The van der Waals surface area contributed by atoms with E-state index >= 15 is 0 Å². The van der Waals surface area contributed by atoms with Gasteiger partial charge in [-0.05, 0) is 38.0 Å². The number of carbonyl (C=O) groups excluding carboxylic acids is 1. The molecule has 2 aromatic rings. The van der Waals surface area contributed by atoms with Crippen molar-refractivity contribution in [3.63, 3.8) is 0 Å². The van der Waals surface area contributed by atoms with Crippen molar-refractivity contribution in [1.82, 2.24) is 16.0 Å². The lowest BCUT2D eigenvalue weighted by atomic mass is 10.1. The molecule has 1 atom stereocenters. The van der Waals surface area contributed by atoms with Crippen LogP contribution in [0.3, 0.4) is 0 Å². The van der Waals surface area contributed by atoms with Gasteiger partial charge in [-0.3, -0.25) is 9.79 Å². The maximum absolute atomic E-state index is 12.1. The summed E-state index contributed by atoms with van der Waals surface area (Å²) in [6.45, 7) is 6.25. The van der Waals surface area contributed by atoms with Crippen molar-refractivity contribution in [2.75, 3.05) is 26.2 Å². The minimum atomic E-state index is -0.526. The van der Waals surface area contributed by atoms with Crippen LogP contribution in [0.25, 0.3) is 0 Å². The Kier molecular flexibility index (Phi) is 12.0. The van der Waals surface area contributed by atoms with Crippen LogP contribution in [0, 0.1) is 6.92 Å². The number of carbonyl (C=O) groups is 1. The Morgan fingerprint density at radius 1 is 1.03 bits per heavy atom. The smallest absolute Gasteiger partial charge is 0.251 e. The van der Waals surface area contributed by atoms with Gasteiger partial charge in [-0.1, -0.05) is 48.0 Å². The summed E-state index contributed by atoms with van der Waals surface area (Å²) >= 11 is 0. The summed E-state index contributed by atoms with van der Waals surface area (Å²) in [7, 11) is 0. The summed E-state index contributed by atoms with van der Waals surface area (Å²) in [5.74, 6) is 0.589. The monoisotopic (exact) mass is 510 g/mol. The number of aryl methyl sites for hydroxylation is 1. The second-order valence-corrected chi connectivity index (χ2v) is 6.53. The van der Waals surface area contributed by atoms with Gasteiger partial charge in [0.25, 0.3) is 5.91 Å². The van der Waals surface area contributed by atoms with E-state index in [1.807, 2.05) is 62.4 Å². The Labute approximate surface area is 190 Å². The number of aliphatic imine (C=N–C) groups is 1. The highest BCUT2D eigenvalue weighted by Crippen LogP contribution is 2.15. The van der Waals surface area contributed by atoms with Crippen LogP contribution in [0.2, 0.25) is 0 Å². The molecule has 0 fully saturated rings. The lowest BCUT2D eigenvalue weighted by Gasteiger charge is -2.13. The number of amides is 1. The Hall–Kier alpha value is -2.13. The quantitative estimate of drug-likeness (QED) is 0.181. The Morgan fingerprint density at radius 2 is 1.76 bits per heavy atom. The minimum Gasteiger partial charge on any atom is -0.388 e. The molecule has 7 heteroatoms. The first-order chi connectivity index (χ1) is 13.6. The first kappa shape index (κ1) is 24.9. The van der Waals surface area contributed by atoms with Crippen LogP contribution in [0.4, 0.5) is 0 Å². The number of nitrogens with zero attached hydrogens (tertiary/aromatic N) is 1. The van der Waals surface area contributed by atoms with Gasteiger partial charge in [0.1, 0.15) is 0 Å². The van der Waals surface area contributed by atoms with E-state index in [0.29, 0.717) is 37.6 Å². The van der Waals surface area contributed by atoms with E-state index in [4.69, 9.17) is 0 Å². The minimum absolute atomic E-state index is 0. The van der Waals surface area contributed by atoms with Gasteiger partial charge in [0, 0.05) is 31.7 Å². The van der Waals surface area contributed by atoms with Gasteiger partial charge in [0.05, 0.1) is 6.10 Å². The molecule has 0 saturated heterocycles. The van der Waals surface area contributed by atoms with Gasteiger partial charge in [0.15, 0.2) is 5.96 Å². The molecule has 0 aliphatic rings. The fraction of sp³-hybridized carbons (Fsp3) is 0.364. The SMILES string of the molecule is CCNC(=NCCC(O)c1ccccc1)NCCNC(=O)c1cccc(C)c1.I. The third kappa shape index (κ3) is 9.27. The Bertz CT molecular complexity index is 768. The van der Waals surface area contributed by atoms with E-state index in [0.717, 1.165) is 17.7 Å². The number of rotatable bonds is 9. The van der Waals surface area contributed by atoms with Gasteiger partial charge in [-0.2, -0.15) is 0 Å². The predicted octanol–water partition coefficient (Wildman–Crippen LogP) is 3.02. The zero-order valence-electron chi connectivity index (χ0n) is 17.0. The fourth-order valence-corrected chi connectivity index (χ4v) is 2.73. The number of hydrogen-bond donors (Lipinski definition) is 4. The number of halogens is 1. The second kappa shape index (κ2) is 13.9. The zero-order valence-corrected chi connectivity index (χ0v) is 19.4. The highest BCUT2D eigenvalue weighted by Gasteiger charge is 2.07. The van der Waals surface area contributed by atoms with E-state index in [2.05, 4.69) is 20.9 Å². The summed E-state index contributed by atoms with van der Waals surface area (Å²) in [5, 5.41) is 19.5. The summed E-state index contributed by atoms with van der Waals surface area (Å²) in [6.07, 6.45) is 0.0199. The van der Waals surface area contributed by atoms with Crippen molar-refractivity contribution in [3.05, 3.63) is 71.3 Å². The average molecular weight is 510 g/mol. The largest absolute Gasteiger partial charge is 0.388 e. The number of aliphatic hydroxyl groups is 1. The predicted molar refractivity (Wildman–Crippen MR) is 129 cm³/mol. The molecule has 1 unspecified atom stereocenters. The Morgan fingerprint density at radius 3 is 2.45 bits per heavy atom. The number of benzene rings is 2. The molecule has 0 aliphatic heterocycles. The Balaban J connectivity index is 0.00000420. The van der Waals surface area contributed by atoms with Crippen LogP contribution < -0.4 is 16.0 Å². The molecule has 0 spiro atoms. The maximum atomic E-state index is 12.1. The third-order valence-corrected chi connectivity index (χ3v) is 4.18. The molecule has 0 heterocycles. The fourth-order valence-electron chi connectivity index (χ4n) is 2.73. The summed E-state index contributed by atoms with van der Waals surface area (Å²) in [6, 6.07) is 17.1. The number of guanidine groups is 1. The average Bonchev–Trinajstić information content (AvgIpc) is 2.71. The maximum Gasteiger partial charge on any atom is 0.251 e. The van der Waals surface area contributed by atoms with Crippen LogP contribution in [0.15, 0.2) is 59.6 Å². The number of hydrogen-bond acceptors (Lipinski definition) is 3. The normalized spacial score (nSPS) is 11.9. The first-order valence-electron chi connectivity index (χ1n) is 9.70. The molecule has 0 aromatic heterocycles. The molecule has 4 N–H and O–H groups in total. The van der Waals surface area contributed by atoms with Gasteiger partial charge in [0.2, 0.25) is 0 Å². The molecular weight excluding hydrogens is 479 g/mol. The van der Waals surface area contributed by atoms with Crippen LogP contribution >= 0.6 is 24.0 Å². The molecule has 6 nitrogen and oxygen atoms in total. The highest BCUT2D eigenvalue weighted by atomic mass is 127. The summed E-state index contributed by atoms with van der Waals surface area (Å²) in [4.78, 5) is 16.6. The molecule has 0 bridgehead atoms. The van der Waals surface area contributed by atoms with E-state index in [9.17, 15) is 9.90 Å². The van der Waals surface area contributed by atoms with Gasteiger partial charge in [-0.25, -0.2) is 0 Å². The van der Waals surface area contributed by atoms with Gasteiger partial charge in [-0.15, -0.1) is 24.0 Å². The molecule has 2 aromatic carbocycles. The van der Waals surface area contributed by atoms with Crippen LogP contribution in [0.1, 0.15) is 40.9 Å². The molecule has 0 radical (unpaired) electrons. The number of aliphatic hydroxyl groups excluding tert-OH is 1. The van der Waals surface area contributed by atoms with Crippen molar-refractivity contribution >= 4 is 35.8 Å². The topological polar surface area (TPSA) is 85.8 Å². The van der Waals surface area contributed by atoms with Gasteiger partial charge < -0.3 is 21.1 Å². The van der Waals surface area contributed by atoms with Crippen molar-refractivity contribution in [1.29, 1.82) is 0 Å². The molecular formula is C22H31IN4O2. The molecule has 0 aliphatic carbocycles. The van der Waals surface area contributed by atoms with Crippen LogP contribution in [-0.4, -0.2) is 43.2 Å². The zero-order chi connectivity index (χ0) is 20.2. The van der Waals surface area contributed by atoms with Crippen LogP contribution in [0.5, 0.6) is 0 Å². The van der Waals surface area contributed by atoms with E-state index < -0.39 is 6.10 Å². The molecule has 1 amide bonds. The molecule has 29 heavy (non-hydrogen) atoms. The van der Waals surface area contributed by atoms with Crippen molar-refractivity contribution < 1.29 is 9.90 Å².